The molecule has 1 aliphatic rings. The molecule has 1 aromatic rings. The van der Waals surface area contributed by atoms with Gasteiger partial charge in [0.25, 0.3) is 0 Å². The van der Waals surface area contributed by atoms with E-state index >= 15 is 0 Å². The lowest BCUT2D eigenvalue weighted by molar-refractivity contribution is -0.121. The van der Waals surface area contributed by atoms with Gasteiger partial charge in [-0.05, 0) is 31.9 Å². The molecule has 6 heteroatoms. The molecular weight excluding hydrogens is 290 g/mol. The maximum Gasteiger partial charge on any atom is 0.221 e. The highest BCUT2D eigenvalue weighted by molar-refractivity contribution is 7.91. The fourth-order valence-electron chi connectivity index (χ4n) is 2.21. The minimum atomic E-state index is -3.40. The molecule has 0 aliphatic carbocycles. The van der Waals surface area contributed by atoms with Gasteiger partial charge in [-0.2, -0.15) is 0 Å². The zero-order valence-electron chi connectivity index (χ0n) is 12.2. The largest absolute Gasteiger partial charge is 0.376 e. The van der Waals surface area contributed by atoms with Crippen molar-refractivity contribution in [3.05, 3.63) is 29.8 Å². The smallest absolute Gasteiger partial charge is 0.221 e. The molecule has 0 bridgehead atoms. The average molecular weight is 311 g/mol. The van der Waals surface area contributed by atoms with Gasteiger partial charge in [-0.25, -0.2) is 8.42 Å². The molecule has 0 spiro atoms. The molecule has 5 nitrogen and oxygen atoms in total. The third-order valence-electron chi connectivity index (χ3n) is 3.53. The van der Waals surface area contributed by atoms with Crippen molar-refractivity contribution in [3.8, 4) is 0 Å². The van der Waals surface area contributed by atoms with Gasteiger partial charge in [0, 0.05) is 19.6 Å². The van der Waals surface area contributed by atoms with E-state index in [2.05, 4.69) is 5.32 Å². The molecule has 1 atom stereocenters. The summed E-state index contributed by atoms with van der Waals surface area (Å²) >= 11 is 0. The summed E-state index contributed by atoms with van der Waals surface area (Å²) in [6.07, 6.45) is 2.01. The van der Waals surface area contributed by atoms with Crippen molar-refractivity contribution in [1.82, 2.24) is 5.32 Å². The second-order valence-corrected chi connectivity index (χ2v) is 7.43. The SMILES string of the molecule is Cc1ccc(S(=O)(=O)CCC(=O)NCC2CCCO2)cc1. The fourth-order valence-corrected chi connectivity index (χ4v) is 3.45. The molecule has 1 amide bonds. The Morgan fingerprint density at radius 3 is 2.67 bits per heavy atom. The highest BCUT2D eigenvalue weighted by Gasteiger charge is 2.18. The van der Waals surface area contributed by atoms with Crippen molar-refractivity contribution in [3.63, 3.8) is 0 Å². The molecule has 1 saturated heterocycles. The standard InChI is InChI=1S/C15H21NO4S/c1-12-4-6-14(7-5-12)21(18,19)10-8-15(17)16-11-13-3-2-9-20-13/h4-7,13H,2-3,8-11H2,1H3,(H,16,17). The zero-order valence-corrected chi connectivity index (χ0v) is 13.0. The minimum Gasteiger partial charge on any atom is -0.376 e. The number of amides is 1. The molecule has 21 heavy (non-hydrogen) atoms. The number of benzene rings is 1. The molecule has 1 fully saturated rings. The fraction of sp³-hybridized carbons (Fsp3) is 0.533. The lowest BCUT2D eigenvalue weighted by Crippen LogP contribution is -2.32. The first-order valence-corrected chi connectivity index (χ1v) is 8.80. The van der Waals surface area contributed by atoms with Crippen molar-refractivity contribution in [1.29, 1.82) is 0 Å². The Labute approximate surface area is 125 Å². The van der Waals surface area contributed by atoms with Crippen LogP contribution < -0.4 is 5.32 Å². The van der Waals surface area contributed by atoms with Gasteiger partial charge in [0.15, 0.2) is 9.84 Å². The first-order chi connectivity index (χ1) is 9.97. The number of aryl methyl sites for hydroxylation is 1. The molecule has 1 N–H and O–H groups in total. The molecule has 0 saturated carbocycles. The lowest BCUT2D eigenvalue weighted by Gasteiger charge is -2.11. The van der Waals surface area contributed by atoms with Crippen LogP contribution in [-0.2, 0) is 19.4 Å². The van der Waals surface area contributed by atoms with E-state index in [9.17, 15) is 13.2 Å². The number of hydrogen-bond donors (Lipinski definition) is 1. The Morgan fingerprint density at radius 2 is 2.05 bits per heavy atom. The van der Waals surface area contributed by atoms with Crippen molar-refractivity contribution in [2.24, 2.45) is 0 Å². The van der Waals surface area contributed by atoms with Crippen LogP contribution in [0.25, 0.3) is 0 Å². The van der Waals surface area contributed by atoms with Crippen LogP contribution in [0.4, 0.5) is 0 Å². The Hall–Kier alpha value is -1.40. The predicted octanol–water partition coefficient (Wildman–Crippen LogP) is 1.45. The van der Waals surface area contributed by atoms with Gasteiger partial charge in [0.05, 0.1) is 16.8 Å². The molecule has 2 rings (SSSR count). The number of hydrogen-bond acceptors (Lipinski definition) is 4. The first-order valence-electron chi connectivity index (χ1n) is 7.15. The molecule has 1 heterocycles. The van der Waals surface area contributed by atoms with E-state index in [4.69, 9.17) is 4.74 Å². The normalized spacial score (nSPS) is 18.6. The number of carbonyl (C=O) groups excluding carboxylic acids is 1. The average Bonchev–Trinajstić information content (AvgIpc) is 2.97. The van der Waals surface area contributed by atoms with Gasteiger partial charge in [-0.3, -0.25) is 4.79 Å². The maximum atomic E-state index is 12.1. The summed E-state index contributed by atoms with van der Waals surface area (Å²) in [7, 11) is -3.40. The van der Waals surface area contributed by atoms with Gasteiger partial charge >= 0.3 is 0 Å². The summed E-state index contributed by atoms with van der Waals surface area (Å²) < 4.78 is 29.6. The second-order valence-electron chi connectivity index (χ2n) is 5.32. The summed E-state index contributed by atoms with van der Waals surface area (Å²) in [6.45, 7) is 3.10. The van der Waals surface area contributed by atoms with Gasteiger partial charge < -0.3 is 10.1 Å². The zero-order chi connectivity index (χ0) is 15.3. The Morgan fingerprint density at radius 1 is 1.33 bits per heavy atom. The highest BCUT2D eigenvalue weighted by Crippen LogP contribution is 2.13. The van der Waals surface area contributed by atoms with Crippen LogP contribution in [0.2, 0.25) is 0 Å². The summed E-state index contributed by atoms with van der Waals surface area (Å²) in [6, 6.07) is 6.67. The third-order valence-corrected chi connectivity index (χ3v) is 5.26. The second kappa shape index (κ2) is 7.04. The topological polar surface area (TPSA) is 72.5 Å². The van der Waals surface area contributed by atoms with Crippen molar-refractivity contribution >= 4 is 15.7 Å². The number of sulfone groups is 1. The van der Waals surface area contributed by atoms with Crippen molar-refractivity contribution in [2.45, 2.75) is 37.2 Å². The maximum absolute atomic E-state index is 12.1. The quantitative estimate of drug-likeness (QED) is 0.863. The van der Waals surface area contributed by atoms with Crippen LogP contribution in [0.5, 0.6) is 0 Å². The number of nitrogens with one attached hydrogen (secondary N) is 1. The van der Waals surface area contributed by atoms with Crippen molar-refractivity contribution in [2.75, 3.05) is 18.9 Å². The van der Waals surface area contributed by atoms with Crippen LogP contribution in [-0.4, -0.2) is 39.3 Å². The minimum absolute atomic E-state index is 0.0249. The van der Waals surface area contributed by atoms with Crippen LogP contribution >= 0.6 is 0 Å². The lowest BCUT2D eigenvalue weighted by atomic mass is 10.2. The van der Waals surface area contributed by atoms with E-state index in [1.165, 1.54) is 0 Å². The van der Waals surface area contributed by atoms with E-state index < -0.39 is 9.84 Å². The van der Waals surface area contributed by atoms with E-state index in [0.29, 0.717) is 6.54 Å². The monoisotopic (exact) mass is 311 g/mol. The van der Waals surface area contributed by atoms with E-state index in [1.54, 1.807) is 24.3 Å². The van der Waals surface area contributed by atoms with E-state index in [0.717, 1.165) is 25.0 Å². The van der Waals surface area contributed by atoms with E-state index in [1.807, 2.05) is 6.92 Å². The van der Waals surface area contributed by atoms with Crippen molar-refractivity contribution < 1.29 is 17.9 Å². The molecular formula is C15H21NO4S. The first kappa shape index (κ1) is 16.0. The number of carbonyl (C=O) groups is 1. The molecule has 1 unspecified atom stereocenters. The molecule has 1 aromatic carbocycles. The summed E-state index contributed by atoms with van der Waals surface area (Å²) in [5.41, 5.74) is 1.00. The van der Waals surface area contributed by atoms with Crippen LogP contribution in [0.1, 0.15) is 24.8 Å². The molecule has 116 valence electrons. The third kappa shape index (κ3) is 4.82. The molecule has 0 aromatic heterocycles. The Balaban J connectivity index is 1.80. The van der Waals surface area contributed by atoms with Crippen LogP contribution in [0.3, 0.4) is 0 Å². The molecule has 0 radical (unpaired) electrons. The van der Waals surface area contributed by atoms with Crippen LogP contribution in [0.15, 0.2) is 29.2 Å². The number of ether oxygens (including phenoxy) is 1. The van der Waals surface area contributed by atoms with E-state index in [-0.39, 0.29) is 29.1 Å². The number of rotatable bonds is 6. The van der Waals surface area contributed by atoms with Crippen LogP contribution in [0, 0.1) is 6.92 Å². The summed E-state index contributed by atoms with van der Waals surface area (Å²) in [5, 5.41) is 2.73. The van der Waals surface area contributed by atoms with Gasteiger partial charge in [0.2, 0.25) is 5.91 Å². The summed E-state index contributed by atoms with van der Waals surface area (Å²) in [4.78, 5) is 12.0. The van der Waals surface area contributed by atoms with Gasteiger partial charge in [0.1, 0.15) is 0 Å². The summed E-state index contributed by atoms with van der Waals surface area (Å²) in [5.74, 6) is -0.422. The highest BCUT2D eigenvalue weighted by atomic mass is 32.2. The predicted molar refractivity (Wildman–Crippen MR) is 79.8 cm³/mol. The van der Waals surface area contributed by atoms with Gasteiger partial charge in [-0.15, -0.1) is 0 Å². The van der Waals surface area contributed by atoms with Gasteiger partial charge in [-0.1, -0.05) is 17.7 Å². The molecule has 1 aliphatic heterocycles. The Kier molecular flexibility index (Phi) is 5.36. The Bertz CT molecular complexity index is 574.